The second-order valence-electron chi connectivity index (χ2n) is 5.97. The van der Waals surface area contributed by atoms with Crippen LogP contribution in [-0.4, -0.2) is 49.8 Å². The van der Waals surface area contributed by atoms with Gasteiger partial charge in [-0.15, -0.1) is 0 Å². The molecule has 0 saturated heterocycles. The normalized spacial score (nSPS) is 11.3. The van der Waals surface area contributed by atoms with E-state index in [0.717, 1.165) is 23.6 Å². The van der Waals surface area contributed by atoms with E-state index in [-0.39, 0.29) is 5.82 Å². The molecule has 1 heterocycles. The van der Waals surface area contributed by atoms with Crippen LogP contribution in [0, 0.1) is 5.82 Å². The van der Waals surface area contributed by atoms with Crippen LogP contribution in [-0.2, 0) is 17.8 Å². The number of ether oxygens (including phenoxy) is 2. The molecule has 0 spiro atoms. The Hall–Kier alpha value is -2.67. The summed E-state index contributed by atoms with van der Waals surface area (Å²) in [5.41, 5.74) is 1.77. The number of halogens is 1. The number of benzene rings is 1. The zero-order chi connectivity index (χ0) is 19.5. The lowest BCUT2D eigenvalue weighted by Gasteiger charge is -2.22. The average Bonchev–Trinajstić information content (AvgIpc) is 2.66. The summed E-state index contributed by atoms with van der Waals surface area (Å²) < 4.78 is 24.1. The highest BCUT2D eigenvalue weighted by Crippen LogP contribution is 2.15. The standard InChI is InChI=1S/C20H27FN4O2/c1-4-22-20(25(2)15-16-7-5-9-18(21)13-16)24-14-17-8-6-10-23-19(17)27-12-11-26-3/h5-10,13H,4,11-12,14-15H2,1-3H3,(H,22,24). The van der Waals surface area contributed by atoms with Gasteiger partial charge in [-0.2, -0.15) is 0 Å². The Bertz CT molecular complexity index is 739. The molecule has 0 unspecified atom stereocenters. The lowest BCUT2D eigenvalue weighted by atomic mass is 10.2. The van der Waals surface area contributed by atoms with Crippen molar-refractivity contribution in [2.24, 2.45) is 4.99 Å². The van der Waals surface area contributed by atoms with Gasteiger partial charge in [-0.25, -0.2) is 14.4 Å². The topological polar surface area (TPSA) is 59.0 Å². The van der Waals surface area contributed by atoms with E-state index in [1.165, 1.54) is 12.1 Å². The number of guanidine groups is 1. The second-order valence-corrected chi connectivity index (χ2v) is 5.97. The van der Waals surface area contributed by atoms with Crippen LogP contribution in [0.25, 0.3) is 0 Å². The van der Waals surface area contributed by atoms with Crippen LogP contribution in [0.5, 0.6) is 5.88 Å². The lowest BCUT2D eigenvalue weighted by molar-refractivity contribution is 0.143. The van der Waals surface area contributed by atoms with Crippen molar-refractivity contribution in [2.75, 3.05) is 33.9 Å². The third kappa shape index (κ3) is 6.86. The summed E-state index contributed by atoms with van der Waals surface area (Å²) in [6.45, 7) is 4.65. The van der Waals surface area contributed by atoms with Gasteiger partial charge in [0.25, 0.3) is 0 Å². The number of rotatable bonds is 9. The van der Waals surface area contributed by atoms with Crippen molar-refractivity contribution in [3.63, 3.8) is 0 Å². The maximum atomic E-state index is 13.4. The highest BCUT2D eigenvalue weighted by atomic mass is 19.1. The zero-order valence-corrected chi connectivity index (χ0v) is 16.1. The summed E-state index contributed by atoms with van der Waals surface area (Å²) in [5.74, 6) is 1.05. The predicted octanol–water partition coefficient (Wildman–Crippen LogP) is 2.84. The third-order valence-corrected chi connectivity index (χ3v) is 3.78. The van der Waals surface area contributed by atoms with E-state index in [9.17, 15) is 4.39 Å². The molecular weight excluding hydrogens is 347 g/mol. The van der Waals surface area contributed by atoms with Crippen molar-refractivity contribution < 1.29 is 13.9 Å². The van der Waals surface area contributed by atoms with E-state index in [0.29, 0.717) is 32.2 Å². The second kappa shape index (κ2) is 11.1. The average molecular weight is 374 g/mol. The van der Waals surface area contributed by atoms with E-state index in [1.807, 2.05) is 37.1 Å². The van der Waals surface area contributed by atoms with Gasteiger partial charge < -0.3 is 19.7 Å². The Labute approximate surface area is 160 Å². The lowest BCUT2D eigenvalue weighted by Crippen LogP contribution is -2.38. The van der Waals surface area contributed by atoms with Crippen LogP contribution >= 0.6 is 0 Å². The van der Waals surface area contributed by atoms with Gasteiger partial charge in [-0.1, -0.05) is 18.2 Å². The summed E-state index contributed by atoms with van der Waals surface area (Å²) in [4.78, 5) is 10.9. The Morgan fingerprint density at radius 2 is 2.11 bits per heavy atom. The van der Waals surface area contributed by atoms with E-state index < -0.39 is 0 Å². The maximum absolute atomic E-state index is 13.4. The SMILES string of the molecule is CCNC(=NCc1cccnc1OCCOC)N(C)Cc1cccc(F)c1. The number of hydrogen-bond acceptors (Lipinski definition) is 4. The van der Waals surface area contributed by atoms with Crippen LogP contribution in [0.3, 0.4) is 0 Å². The van der Waals surface area contributed by atoms with Crippen molar-refractivity contribution in [2.45, 2.75) is 20.0 Å². The minimum absolute atomic E-state index is 0.240. The molecule has 1 aromatic heterocycles. The van der Waals surface area contributed by atoms with Crippen LogP contribution in [0.2, 0.25) is 0 Å². The Morgan fingerprint density at radius 3 is 2.85 bits per heavy atom. The highest BCUT2D eigenvalue weighted by Gasteiger charge is 2.09. The van der Waals surface area contributed by atoms with Gasteiger partial charge in [-0.05, 0) is 30.7 Å². The number of pyridine rings is 1. The molecule has 0 saturated carbocycles. The van der Waals surface area contributed by atoms with Crippen LogP contribution in [0.15, 0.2) is 47.6 Å². The van der Waals surface area contributed by atoms with Gasteiger partial charge in [-0.3, -0.25) is 0 Å². The molecule has 1 aromatic carbocycles. The van der Waals surface area contributed by atoms with Crippen LogP contribution < -0.4 is 10.1 Å². The monoisotopic (exact) mass is 374 g/mol. The first-order valence-corrected chi connectivity index (χ1v) is 8.93. The maximum Gasteiger partial charge on any atom is 0.218 e. The Balaban J connectivity index is 2.08. The number of methoxy groups -OCH3 is 1. The molecule has 0 bridgehead atoms. The molecule has 27 heavy (non-hydrogen) atoms. The van der Waals surface area contributed by atoms with Gasteiger partial charge in [0.15, 0.2) is 5.96 Å². The Kier molecular flexibility index (Phi) is 8.51. The summed E-state index contributed by atoms with van der Waals surface area (Å²) in [7, 11) is 3.55. The zero-order valence-electron chi connectivity index (χ0n) is 16.1. The molecule has 1 N–H and O–H groups in total. The molecule has 0 aliphatic carbocycles. The first-order valence-electron chi connectivity index (χ1n) is 8.93. The molecule has 6 nitrogen and oxygen atoms in total. The summed E-state index contributed by atoms with van der Waals surface area (Å²) >= 11 is 0. The van der Waals surface area contributed by atoms with Gasteiger partial charge in [0, 0.05) is 39.0 Å². The van der Waals surface area contributed by atoms with Crippen LogP contribution in [0.1, 0.15) is 18.1 Å². The summed E-state index contributed by atoms with van der Waals surface area (Å²) in [5, 5.41) is 3.26. The van der Waals surface area contributed by atoms with E-state index in [4.69, 9.17) is 9.47 Å². The van der Waals surface area contributed by atoms with Crippen molar-refractivity contribution in [1.82, 2.24) is 15.2 Å². The van der Waals surface area contributed by atoms with Crippen molar-refractivity contribution in [3.8, 4) is 5.88 Å². The predicted molar refractivity (Wildman–Crippen MR) is 104 cm³/mol. The largest absolute Gasteiger partial charge is 0.475 e. The van der Waals surface area contributed by atoms with Crippen molar-refractivity contribution in [3.05, 3.63) is 59.5 Å². The number of aromatic nitrogens is 1. The molecule has 0 aliphatic rings. The number of hydrogen-bond donors (Lipinski definition) is 1. The first-order chi connectivity index (χ1) is 13.1. The molecule has 0 fully saturated rings. The molecule has 0 atom stereocenters. The number of nitrogens with zero attached hydrogens (tertiary/aromatic N) is 3. The quantitative estimate of drug-likeness (QED) is 0.416. The Morgan fingerprint density at radius 1 is 1.26 bits per heavy atom. The first kappa shape index (κ1) is 20.6. The van der Waals surface area contributed by atoms with Gasteiger partial charge in [0.2, 0.25) is 5.88 Å². The summed E-state index contributed by atoms with van der Waals surface area (Å²) in [6, 6.07) is 10.4. The number of nitrogens with one attached hydrogen (secondary N) is 1. The molecule has 0 aliphatic heterocycles. The minimum atomic E-state index is -0.240. The fraction of sp³-hybridized carbons (Fsp3) is 0.400. The van der Waals surface area contributed by atoms with E-state index >= 15 is 0 Å². The molecule has 2 aromatic rings. The molecule has 2 rings (SSSR count). The highest BCUT2D eigenvalue weighted by molar-refractivity contribution is 5.79. The fourth-order valence-corrected chi connectivity index (χ4v) is 2.51. The molecular formula is C20H27FN4O2. The minimum Gasteiger partial charge on any atom is -0.475 e. The fourth-order valence-electron chi connectivity index (χ4n) is 2.51. The van der Waals surface area contributed by atoms with Crippen LogP contribution in [0.4, 0.5) is 4.39 Å². The van der Waals surface area contributed by atoms with Crippen molar-refractivity contribution >= 4 is 5.96 Å². The van der Waals surface area contributed by atoms with Crippen molar-refractivity contribution in [1.29, 1.82) is 0 Å². The number of aliphatic imine (C=N–C) groups is 1. The molecule has 0 radical (unpaired) electrons. The van der Waals surface area contributed by atoms with Gasteiger partial charge >= 0.3 is 0 Å². The molecule has 0 amide bonds. The van der Waals surface area contributed by atoms with E-state index in [2.05, 4.69) is 15.3 Å². The molecule has 146 valence electrons. The van der Waals surface area contributed by atoms with Gasteiger partial charge in [0.05, 0.1) is 13.2 Å². The van der Waals surface area contributed by atoms with E-state index in [1.54, 1.807) is 19.4 Å². The molecule has 7 heteroatoms. The summed E-state index contributed by atoms with van der Waals surface area (Å²) in [6.07, 6.45) is 1.69. The third-order valence-electron chi connectivity index (χ3n) is 3.78. The van der Waals surface area contributed by atoms with Gasteiger partial charge in [0.1, 0.15) is 12.4 Å². The smallest absolute Gasteiger partial charge is 0.218 e.